The molecule has 0 radical (unpaired) electrons. The molecule has 96 valence electrons. The van der Waals surface area contributed by atoms with E-state index in [-0.39, 0.29) is 11.8 Å². The number of halogens is 2. The van der Waals surface area contributed by atoms with Gasteiger partial charge in [-0.05, 0) is 48.0 Å². The van der Waals surface area contributed by atoms with E-state index in [9.17, 15) is 9.59 Å². The number of hydrogen-bond donors (Lipinski definition) is 1. The first-order valence-corrected chi connectivity index (χ1v) is 7.09. The average molecular weight is 376 g/mol. The molecular formula is C12H12Br2N2O2. The third kappa shape index (κ3) is 2.31. The third-order valence-corrected chi connectivity index (χ3v) is 4.06. The maximum Gasteiger partial charge on any atom is 0.250 e. The number of hydrogen-bond acceptors (Lipinski definition) is 2. The summed E-state index contributed by atoms with van der Waals surface area (Å²) < 4.78 is 1.65. The van der Waals surface area contributed by atoms with Crippen molar-refractivity contribution in [1.82, 2.24) is 5.32 Å². The van der Waals surface area contributed by atoms with Crippen molar-refractivity contribution >= 4 is 49.4 Å². The van der Waals surface area contributed by atoms with Gasteiger partial charge >= 0.3 is 0 Å². The molecule has 4 nitrogen and oxygen atoms in total. The fourth-order valence-corrected chi connectivity index (χ4v) is 2.70. The van der Waals surface area contributed by atoms with E-state index in [1.54, 1.807) is 13.8 Å². The van der Waals surface area contributed by atoms with Crippen LogP contribution in [-0.4, -0.2) is 23.9 Å². The van der Waals surface area contributed by atoms with E-state index in [4.69, 9.17) is 0 Å². The Morgan fingerprint density at radius 1 is 1.22 bits per heavy atom. The lowest BCUT2D eigenvalue weighted by Gasteiger charge is -2.36. The summed E-state index contributed by atoms with van der Waals surface area (Å²) in [5, 5.41) is 2.66. The fourth-order valence-electron chi connectivity index (χ4n) is 1.91. The number of anilines is 1. The minimum Gasteiger partial charge on any atom is -0.343 e. The predicted molar refractivity (Wildman–Crippen MR) is 76.4 cm³/mol. The van der Waals surface area contributed by atoms with Crippen molar-refractivity contribution in [3.63, 3.8) is 0 Å². The molecule has 0 spiro atoms. The zero-order chi connectivity index (χ0) is 13.4. The number of nitrogens with zero attached hydrogens (tertiary/aromatic N) is 1. The number of benzene rings is 1. The molecule has 18 heavy (non-hydrogen) atoms. The van der Waals surface area contributed by atoms with E-state index in [1.165, 1.54) is 4.90 Å². The van der Waals surface area contributed by atoms with Gasteiger partial charge in [0.1, 0.15) is 12.1 Å². The molecule has 1 aromatic carbocycles. The summed E-state index contributed by atoms with van der Waals surface area (Å²) in [6.07, 6.45) is 0. The van der Waals surface area contributed by atoms with Crippen LogP contribution in [0.3, 0.4) is 0 Å². The SMILES string of the molecule is CC1NC(=O)C(C)N(c2cc(Br)ccc2Br)C1=O. The predicted octanol–water partition coefficient (Wildman–Crippen LogP) is 2.45. The van der Waals surface area contributed by atoms with Crippen LogP contribution >= 0.6 is 31.9 Å². The number of piperazine rings is 1. The highest BCUT2D eigenvalue weighted by Crippen LogP contribution is 2.32. The van der Waals surface area contributed by atoms with Gasteiger partial charge in [0.2, 0.25) is 11.8 Å². The molecule has 1 aliphatic rings. The molecule has 2 rings (SSSR count). The first-order valence-electron chi connectivity index (χ1n) is 5.50. The second kappa shape index (κ2) is 5.01. The van der Waals surface area contributed by atoms with E-state index >= 15 is 0 Å². The number of carbonyl (C=O) groups is 2. The van der Waals surface area contributed by atoms with E-state index < -0.39 is 12.1 Å². The molecule has 1 heterocycles. The smallest absolute Gasteiger partial charge is 0.250 e. The van der Waals surface area contributed by atoms with Crippen molar-refractivity contribution in [2.75, 3.05) is 4.90 Å². The molecule has 2 amide bonds. The molecule has 1 N–H and O–H groups in total. The van der Waals surface area contributed by atoms with Crippen LogP contribution < -0.4 is 10.2 Å². The summed E-state index contributed by atoms with van der Waals surface area (Å²) in [4.78, 5) is 25.5. The minimum atomic E-state index is -0.515. The Morgan fingerprint density at radius 3 is 2.56 bits per heavy atom. The van der Waals surface area contributed by atoms with Gasteiger partial charge in [0.15, 0.2) is 0 Å². The topological polar surface area (TPSA) is 49.4 Å². The molecule has 0 aromatic heterocycles. The van der Waals surface area contributed by atoms with E-state index in [0.717, 1.165) is 8.95 Å². The van der Waals surface area contributed by atoms with Crippen molar-refractivity contribution < 1.29 is 9.59 Å². The lowest BCUT2D eigenvalue weighted by molar-refractivity contribution is -0.133. The van der Waals surface area contributed by atoms with Gasteiger partial charge in [-0.25, -0.2) is 0 Å². The first-order chi connectivity index (χ1) is 8.41. The van der Waals surface area contributed by atoms with Gasteiger partial charge in [-0.3, -0.25) is 14.5 Å². The van der Waals surface area contributed by atoms with Gasteiger partial charge in [0, 0.05) is 8.95 Å². The zero-order valence-corrected chi connectivity index (χ0v) is 13.1. The minimum absolute atomic E-state index is 0.110. The first kappa shape index (κ1) is 13.5. The monoisotopic (exact) mass is 374 g/mol. The maximum atomic E-state index is 12.2. The molecule has 1 aliphatic heterocycles. The molecule has 0 aliphatic carbocycles. The molecular weight excluding hydrogens is 364 g/mol. The summed E-state index contributed by atoms with van der Waals surface area (Å²) in [7, 11) is 0. The summed E-state index contributed by atoms with van der Waals surface area (Å²) in [5.74, 6) is -0.255. The van der Waals surface area contributed by atoms with Crippen LogP contribution in [-0.2, 0) is 9.59 Å². The third-order valence-electron chi connectivity index (χ3n) is 2.90. The van der Waals surface area contributed by atoms with E-state index in [1.807, 2.05) is 18.2 Å². The standard InChI is InChI=1S/C12H12Br2N2O2/c1-6-12(18)16(7(2)11(17)15-6)10-5-8(13)3-4-9(10)14/h3-7H,1-2H3,(H,15,17). The van der Waals surface area contributed by atoms with Gasteiger partial charge < -0.3 is 5.32 Å². The van der Waals surface area contributed by atoms with Gasteiger partial charge in [-0.15, -0.1) is 0 Å². The highest BCUT2D eigenvalue weighted by molar-refractivity contribution is 9.11. The normalized spacial score (nSPS) is 24.1. The van der Waals surface area contributed by atoms with Crippen molar-refractivity contribution in [2.24, 2.45) is 0 Å². The largest absolute Gasteiger partial charge is 0.343 e. The van der Waals surface area contributed by atoms with Crippen LogP contribution in [0.4, 0.5) is 5.69 Å². The lowest BCUT2D eigenvalue weighted by Crippen LogP contribution is -2.61. The zero-order valence-electron chi connectivity index (χ0n) is 9.91. The van der Waals surface area contributed by atoms with Crippen molar-refractivity contribution in [2.45, 2.75) is 25.9 Å². The van der Waals surface area contributed by atoms with Gasteiger partial charge in [-0.2, -0.15) is 0 Å². The van der Waals surface area contributed by atoms with E-state index in [0.29, 0.717) is 5.69 Å². The van der Waals surface area contributed by atoms with Crippen LogP contribution in [0.5, 0.6) is 0 Å². The summed E-state index contributed by atoms with van der Waals surface area (Å²) in [5.41, 5.74) is 0.698. The summed E-state index contributed by atoms with van der Waals surface area (Å²) in [6.45, 7) is 3.40. The van der Waals surface area contributed by atoms with Crippen LogP contribution in [0.15, 0.2) is 27.1 Å². The second-order valence-electron chi connectivity index (χ2n) is 4.21. The summed E-state index contributed by atoms with van der Waals surface area (Å²) >= 11 is 6.79. The van der Waals surface area contributed by atoms with Crippen LogP contribution in [0.2, 0.25) is 0 Å². The highest BCUT2D eigenvalue weighted by Gasteiger charge is 2.37. The Bertz CT molecular complexity index is 519. The van der Waals surface area contributed by atoms with Crippen LogP contribution in [0.1, 0.15) is 13.8 Å². The van der Waals surface area contributed by atoms with Crippen molar-refractivity contribution in [1.29, 1.82) is 0 Å². The van der Waals surface area contributed by atoms with E-state index in [2.05, 4.69) is 37.2 Å². The molecule has 1 aromatic rings. The van der Waals surface area contributed by atoms with Gasteiger partial charge in [0.25, 0.3) is 0 Å². The Kier molecular flexibility index (Phi) is 3.77. The summed E-state index contributed by atoms with van der Waals surface area (Å²) in [6, 6.07) is 4.52. The molecule has 1 saturated heterocycles. The molecule has 2 unspecified atom stereocenters. The molecule has 2 atom stereocenters. The molecule has 0 bridgehead atoms. The highest BCUT2D eigenvalue weighted by atomic mass is 79.9. The maximum absolute atomic E-state index is 12.2. The van der Waals surface area contributed by atoms with Crippen LogP contribution in [0.25, 0.3) is 0 Å². The lowest BCUT2D eigenvalue weighted by atomic mass is 10.1. The molecule has 0 saturated carbocycles. The van der Waals surface area contributed by atoms with Crippen molar-refractivity contribution in [3.8, 4) is 0 Å². The average Bonchev–Trinajstić information content (AvgIpc) is 2.31. The number of nitrogens with one attached hydrogen (secondary N) is 1. The number of amides is 2. The van der Waals surface area contributed by atoms with Crippen molar-refractivity contribution in [3.05, 3.63) is 27.1 Å². The molecule has 6 heteroatoms. The van der Waals surface area contributed by atoms with Gasteiger partial charge in [-0.1, -0.05) is 15.9 Å². The Hall–Kier alpha value is -0.880. The second-order valence-corrected chi connectivity index (χ2v) is 5.98. The Morgan fingerprint density at radius 2 is 1.89 bits per heavy atom. The number of rotatable bonds is 1. The quantitative estimate of drug-likeness (QED) is 0.819. The Labute approximate surface area is 122 Å². The van der Waals surface area contributed by atoms with Gasteiger partial charge in [0.05, 0.1) is 5.69 Å². The fraction of sp³-hybridized carbons (Fsp3) is 0.333. The Balaban J connectivity index is 2.49. The number of carbonyl (C=O) groups excluding carboxylic acids is 2. The molecule has 1 fully saturated rings. The van der Waals surface area contributed by atoms with Crippen LogP contribution in [0, 0.1) is 0 Å².